The summed E-state index contributed by atoms with van der Waals surface area (Å²) in [5.41, 5.74) is 1.06. The van der Waals surface area contributed by atoms with Gasteiger partial charge in [0.1, 0.15) is 0 Å². The Labute approximate surface area is 128 Å². The first-order valence-corrected chi connectivity index (χ1v) is 7.37. The van der Waals surface area contributed by atoms with Crippen molar-refractivity contribution in [2.45, 2.75) is 24.1 Å². The summed E-state index contributed by atoms with van der Waals surface area (Å²) >= 11 is 1.37. The van der Waals surface area contributed by atoms with Crippen LogP contribution in [0.4, 0.5) is 19.1 Å². The molecule has 0 aliphatic rings. The molecule has 1 heterocycles. The van der Waals surface area contributed by atoms with Crippen LogP contribution >= 0.6 is 11.8 Å². The lowest BCUT2D eigenvalue weighted by Gasteiger charge is -2.10. The summed E-state index contributed by atoms with van der Waals surface area (Å²) in [4.78, 5) is 15.1. The Morgan fingerprint density at radius 2 is 2.05 bits per heavy atom. The molecule has 1 aromatic carbocycles. The molecule has 1 amide bonds. The molecule has 0 saturated carbocycles. The summed E-state index contributed by atoms with van der Waals surface area (Å²) in [6.07, 6.45) is -4.62. The van der Waals surface area contributed by atoms with Gasteiger partial charge in [0.25, 0.3) is 0 Å². The molecule has 2 aromatic rings. The average molecular weight is 330 g/mol. The summed E-state index contributed by atoms with van der Waals surface area (Å²) < 4.78 is 37.1. The lowest BCUT2D eigenvalue weighted by molar-refractivity contribution is -0.144. The van der Waals surface area contributed by atoms with E-state index in [1.165, 1.54) is 11.8 Å². The molecule has 0 aliphatic carbocycles. The van der Waals surface area contributed by atoms with Crippen LogP contribution in [0.5, 0.6) is 0 Å². The maximum Gasteiger partial charge on any atom is 0.451 e. The molecule has 2 rings (SSSR count). The van der Waals surface area contributed by atoms with Crippen molar-refractivity contribution in [3.05, 3.63) is 41.7 Å². The lowest BCUT2D eigenvalue weighted by atomic mass is 10.2. The average Bonchev–Trinajstić information content (AvgIpc) is 2.94. The Hall–Kier alpha value is -2.03. The highest BCUT2D eigenvalue weighted by Crippen LogP contribution is 2.26. The van der Waals surface area contributed by atoms with Crippen molar-refractivity contribution in [1.29, 1.82) is 0 Å². The number of nitrogens with zero attached hydrogens (tertiary/aromatic N) is 2. The van der Waals surface area contributed by atoms with E-state index in [1.54, 1.807) is 12.0 Å². The van der Waals surface area contributed by atoms with Gasteiger partial charge in [0.05, 0.1) is 5.25 Å². The number of hydrogen-bond donors (Lipinski definition) is 2. The highest BCUT2D eigenvalue weighted by Gasteiger charge is 2.35. The number of halogens is 3. The Morgan fingerprint density at radius 1 is 1.36 bits per heavy atom. The van der Waals surface area contributed by atoms with Crippen molar-refractivity contribution < 1.29 is 18.0 Å². The third kappa shape index (κ3) is 4.48. The standard InChI is InChI=1S/C13H13F3N4OS/c1-8(22-7-9-5-3-2-4-6-9)10(21)17-12-18-11(19-20-12)13(14,15)16/h2-6,8H,7H2,1H3,(H2,17,18,19,20,21)/t8-/m0/s1. The molecule has 1 aromatic heterocycles. The Bertz CT molecular complexity index is 630. The molecule has 0 spiro atoms. The number of benzene rings is 1. The van der Waals surface area contributed by atoms with Crippen molar-refractivity contribution >= 4 is 23.6 Å². The molecule has 0 aliphatic heterocycles. The van der Waals surface area contributed by atoms with Crippen LogP contribution in [0, 0.1) is 0 Å². The number of hydrogen-bond acceptors (Lipinski definition) is 4. The van der Waals surface area contributed by atoms with E-state index in [0.29, 0.717) is 5.75 Å². The largest absolute Gasteiger partial charge is 0.451 e. The molecule has 1 atom stereocenters. The first kappa shape index (κ1) is 16.3. The van der Waals surface area contributed by atoms with Gasteiger partial charge in [-0.05, 0) is 12.5 Å². The summed E-state index contributed by atoms with van der Waals surface area (Å²) in [6.45, 7) is 1.67. The molecule has 0 bridgehead atoms. The van der Waals surface area contributed by atoms with E-state index in [-0.39, 0.29) is 5.95 Å². The summed E-state index contributed by atoms with van der Waals surface area (Å²) in [5.74, 6) is -1.46. The molecule has 5 nitrogen and oxygen atoms in total. The number of rotatable bonds is 5. The van der Waals surface area contributed by atoms with E-state index in [0.717, 1.165) is 5.56 Å². The minimum Gasteiger partial charge on any atom is -0.292 e. The number of anilines is 1. The van der Waals surface area contributed by atoms with E-state index in [9.17, 15) is 18.0 Å². The number of carbonyl (C=O) groups excluding carboxylic acids is 1. The van der Waals surface area contributed by atoms with Gasteiger partial charge in [0.2, 0.25) is 17.7 Å². The molecule has 9 heteroatoms. The number of alkyl halides is 3. The topological polar surface area (TPSA) is 70.7 Å². The molecule has 0 fully saturated rings. The molecule has 0 saturated heterocycles. The van der Waals surface area contributed by atoms with Gasteiger partial charge >= 0.3 is 6.18 Å². The monoisotopic (exact) mass is 330 g/mol. The summed E-state index contributed by atoms with van der Waals surface area (Å²) in [6, 6.07) is 9.55. The van der Waals surface area contributed by atoms with Gasteiger partial charge in [-0.3, -0.25) is 15.2 Å². The smallest absolute Gasteiger partial charge is 0.292 e. The lowest BCUT2D eigenvalue weighted by Crippen LogP contribution is -2.23. The zero-order valence-electron chi connectivity index (χ0n) is 11.5. The van der Waals surface area contributed by atoms with Gasteiger partial charge in [-0.1, -0.05) is 30.3 Å². The number of carbonyl (C=O) groups is 1. The fourth-order valence-corrected chi connectivity index (χ4v) is 2.37. The summed E-state index contributed by atoms with van der Waals surface area (Å²) in [7, 11) is 0. The predicted octanol–water partition coefficient (Wildman–Crippen LogP) is 3.08. The Kier molecular flexibility index (Phi) is 5.07. The van der Waals surface area contributed by atoms with Gasteiger partial charge in [0.15, 0.2) is 0 Å². The highest BCUT2D eigenvalue weighted by molar-refractivity contribution is 7.99. The number of aromatic nitrogens is 3. The van der Waals surface area contributed by atoms with E-state index >= 15 is 0 Å². The fraction of sp³-hybridized carbons (Fsp3) is 0.308. The first-order chi connectivity index (χ1) is 10.4. The SMILES string of the molecule is C[C@H](SCc1ccccc1)C(=O)Nc1n[nH]c(C(F)(F)F)n1. The number of thioether (sulfide) groups is 1. The minimum atomic E-state index is -4.62. The summed E-state index contributed by atoms with van der Waals surface area (Å²) in [5, 5.41) is 6.87. The number of aromatic amines is 1. The number of nitrogens with one attached hydrogen (secondary N) is 2. The quantitative estimate of drug-likeness (QED) is 0.884. The zero-order chi connectivity index (χ0) is 16.2. The second kappa shape index (κ2) is 6.82. The van der Waals surface area contributed by atoms with E-state index < -0.39 is 23.2 Å². The van der Waals surface area contributed by atoms with Gasteiger partial charge in [0, 0.05) is 5.75 Å². The van der Waals surface area contributed by atoms with Gasteiger partial charge < -0.3 is 0 Å². The van der Waals surface area contributed by atoms with E-state index in [4.69, 9.17) is 0 Å². The van der Waals surface area contributed by atoms with Crippen molar-refractivity contribution in [1.82, 2.24) is 15.2 Å². The molecule has 0 unspecified atom stereocenters. The highest BCUT2D eigenvalue weighted by atomic mass is 32.2. The minimum absolute atomic E-state index is 0.385. The van der Waals surface area contributed by atoms with Crippen molar-refractivity contribution in [2.75, 3.05) is 5.32 Å². The second-order valence-electron chi connectivity index (χ2n) is 4.43. The van der Waals surface area contributed by atoms with Crippen LogP contribution in [0.2, 0.25) is 0 Å². The van der Waals surface area contributed by atoms with Crippen molar-refractivity contribution in [3.63, 3.8) is 0 Å². The van der Waals surface area contributed by atoms with Crippen molar-refractivity contribution in [2.24, 2.45) is 0 Å². The van der Waals surface area contributed by atoms with Gasteiger partial charge in [-0.15, -0.1) is 16.9 Å². The zero-order valence-corrected chi connectivity index (χ0v) is 12.3. The molecular weight excluding hydrogens is 317 g/mol. The van der Waals surface area contributed by atoms with Crippen LogP contribution in [-0.4, -0.2) is 26.3 Å². The number of amides is 1. The Balaban J connectivity index is 1.87. The molecule has 22 heavy (non-hydrogen) atoms. The van der Waals surface area contributed by atoms with Crippen LogP contribution < -0.4 is 5.32 Å². The van der Waals surface area contributed by atoms with Crippen LogP contribution in [0.3, 0.4) is 0 Å². The van der Waals surface area contributed by atoms with Gasteiger partial charge in [-0.25, -0.2) is 0 Å². The van der Waals surface area contributed by atoms with E-state index in [2.05, 4.69) is 15.4 Å². The first-order valence-electron chi connectivity index (χ1n) is 6.32. The van der Waals surface area contributed by atoms with Crippen LogP contribution in [0.15, 0.2) is 30.3 Å². The molecular formula is C13H13F3N4OS. The maximum atomic E-state index is 12.4. The normalized spacial score (nSPS) is 12.9. The second-order valence-corrected chi connectivity index (χ2v) is 5.76. The number of H-pyrrole nitrogens is 1. The van der Waals surface area contributed by atoms with Crippen LogP contribution in [-0.2, 0) is 16.7 Å². The molecule has 0 radical (unpaired) electrons. The van der Waals surface area contributed by atoms with Crippen LogP contribution in [0.1, 0.15) is 18.3 Å². The van der Waals surface area contributed by atoms with E-state index in [1.807, 2.05) is 30.3 Å². The third-order valence-electron chi connectivity index (χ3n) is 2.70. The van der Waals surface area contributed by atoms with Gasteiger partial charge in [-0.2, -0.15) is 18.2 Å². The predicted molar refractivity (Wildman–Crippen MR) is 77.2 cm³/mol. The molecule has 118 valence electrons. The third-order valence-corrected chi connectivity index (χ3v) is 3.92. The molecule has 2 N–H and O–H groups in total. The Morgan fingerprint density at radius 3 is 2.64 bits per heavy atom. The van der Waals surface area contributed by atoms with Crippen molar-refractivity contribution in [3.8, 4) is 0 Å². The van der Waals surface area contributed by atoms with Crippen LogP contribution in [0.25, 0.3) is 0 Å². The fourth-order valence-electron chi connectivity index (χ4n) is 1.53. The maximum absolute atomic E-state index is 12.4.